The number of carbonyl (C=O) groups is 1. The lowest BCUT2D eigenvalue weighted by molar-refractivity contribution is 0.102. The summed E-state index contributed by atoms with van der Waals surface area (Å²) in [6.45, 7) is 5.02. The summed E-state index contributed by atoms with van der Waals surface area (Å²) in [6.07, 6.45) is 4.91. The van der Waals surface area contributed by atoms with E-state index in [0.29, 0.717) is 5.56 Å². The Bertz CT molecular complexity index is 789. The molecule has 26 heavy (non-hydrogen) atoms. The van der Waals surface area contributed by atoms with Crippen LogP contribution in [0, 0.1) is 6.92 Å². The van der Waals surface area contributed by atoms with Gasteiger partial charge in [0.15, 0.2) is 0 Å². The van der Waals surface area contributed by atoms with Crippen LogP contribution < -0.4 is 14.4 Å². The summed E-state index contributed by atoms with van der Waals surface area (Å²) < 4.78 is 7.52. The lowest BCUT2D eigenvalue weighted by atomic mass is 10.1. The first kappa shape index (κ1) is 18.6. The molecule has 2 heterocycles. The molecule has 1 N–H and O–H groups in total. The van der Waals surface area contributed by atoms with Crippen molar-refractivity contribution in [3.63, 3.8) is 0 Å². The quantitative estimate of drug-likeness (QED) is 0.760. The van der Waals surface area contributed by atoms with Gasteiger partial charge in [0.2, 0.25) is 0 Å². The molecule has 0 unspecified atom stereocenters. The zero-order valence-corrected chi connectivity index (χ0v) is 16.4. The van der Waals surface area contributed by atoms with Crippen molar-refractivity contribution in [1.29, 1.82) is 0 Å². The van der Waals surface area contributed by atoms with Gasteiger partial charge in [-0.15, -0.1) is 0 Å². The van der Waals surface area contributed by atoms with Crippen LogP contribution in [0.3, 0.4) is 0 Å². The van der Waals surface area contributed by atoms with Crippen LogP contribution in [0.5, 0.6) is 5.75 Å². The molecule has 2 aromatic rings. The fraction of sp³-hybridized carbons (Fsp3) is 0.400. The standard InChI is InChI=1S/C20H25N3O2S/c1-4-6-15-9-16(11-17(10-15)25-3)22-20(24)18-12-19(21-13-14(18)2)23-7-5-8-26-23/h9-13H,4-8H2,1-3H3,(H,22,24). The first-order valence-electron chi connectivity index (χ1n) is 8.97. The molecule has 0 spiro atoms. The van der Waals surface area contributed by atoms with Gasteiger partial charge in [0.25, 0.3) is 5.91 Å². The zero-order chi connectivity index (χ0) is 18.5. The Hall–Kier alpha value is -2.21. The van der Waals surface area contributed by atoms with Gasteiger partial charge < -0.3 is 14.4 Å². The SMILES string of the molecule is CCCc1cc(NC(=O)c2cc(N3CCCS3)ncc2C)cc(OC)c1. The fourth-order valence-corrected chi connectivity index (χ4v) is 3.97. The molecule has 1 aromatic carbocycles. The Morgan fingerprint density at radius 2 is 2.19 bits per heavy atom. The molecule has 1 aliphatic rings. The fourth-order valence-electron chi connectivity index (χ4n) is 3.00. The number of amides is 1. The van der Waals surface area contributed by atoms with Crippen LogP contribution in [-0.2, 0) is 6.42 Å². The summed E-state index contributed by atoms with van der Waals surface area (Å²) in [5, 5.41) is 3.02. The molecule has 0 aliphatic carbocycles. The van der Waals surface area contributed by atoms with E-state index in [0.717, 1.165) is 59.9 Å². The van der Waals surface area contributed by atoms with Gasteiger partial charge in [0, 0.05) is 35.8 Å². The smallest absolute Gasteiger partial charge is 0.256 e. The topological polar surface area (TPSA) is 54.5 Å². The third kappa shape index (κ3) is 4.30. The molecule has 6 heteroatoms. The first-order valence-corrected chi connectivity index (χ1v) is 9.91. The van der Waals surface area contributed by atoms with Gasteiger partial charge in [-0.25, -0.2) is 4.98 Å². The average Bonchev–Trinajstić information content (AvgIpc) is 3.16. The number of rotatable bonds is 6. The van der Waals surface area contributed by atoms with Crippen molar-refractivity contribution in [3.8, 4) is 5.75 Å². The van der Waals surface area contributed by atoms with Crippen LogP contribution >= 0.6 is 11.9 Å². The van der Waals surface area contributed by atoms with Gasteiger partial charge in [0.1, 0.15) is 11.6 Å². The van der Waals surface area contributed by atoms with Crippen molar-refractivity contribution < 1.29 is 9.53 Å². The third-order valence-electron chi connectivity index (χ3n) is 4.34. The Labute approximate surface area is 159 Å². The number of hydrogen-bond acceptors (Lipinski definition) is 5. The highest BCUT2D eigenvalue weighted by molar-refractivity contribution is 8.00. The van der Waals surface area contributed by atoms with E-state index in [1.54, 1.807) is 25.3 Å². The molecule has 0 atom stereocenters. The van der Waals surface area contributed by atoms with E-state index >= 15 is 0 Å². The number of methoxy groups -OCH3 is 1. The van der Waals surface area contributed by atoms with Crippen molar-refractivity contribution in [2.24, 2.45) is 0 Å². The number of pyridine rings is 1. The van der Waals surface area contributed by atoms with Crippen LogP contribution in [0.15, 0.2) is 30.5 Å². The minimum Gasteiger partial charge on any atom is -0.497 e. The second kappa shape index (κ2) is 8.45. The Kier molecular flexibility index (Phi) is 6.04. The molecule has 0 radical (unpaired) electrons. The maximum absolute atomic E-state index is 12.9. The van der Waals surface area contributed by atoms with Crippen LogP contribution in [0.2, 0.25) is 0 Å². The van der Waals surface area contributed by atoms with Gasteiger partial charge in [-0.1, -0.05) is 13.3 Å². The Morgan fingerprint density at radius 1 is 1.35 bits per heavy atom. The molecular formula is C20H25N3O2S. The monoisotopic (exact) mass is 371 g/mol. The molecule has 1 fully saturated rings. The average molecular weight is 372 g/mol. The summed E-state index contributed by atoms with van der Waals surface area (Å²) in [6, 6.07) is 7.76. The maximum Gasteiger partial charge on any atom is 0.256 e. The van der Waals surface area contributed by atoms with Crippen LogP contribution in [-0.4, -0.2) is 30.3 Å². The van der Waals surface area contributed by atoms with E-state index in [4.69, 9.17) is 4.74 Å². The molecule has 1 amide bonds. The number of carbonyl (C=O) groups excluding carboxylic acids is 1. The van der Waals surface area contributed by atoms with E-state index in [1.165, 1.54) is 0 Å². The number of anilines is 2. The van der Waals surface area contributed by atoms with Crippen molar-refractivity contribution in [2.45, 2.75) is 33.1 Å². The van der Waals surface area contributed by atoms with E-state index < -0.39 is 0 Å². The highest BCUT2D eigenvalue weighted by Crippen LogP contribution is 2.28. The summed E-state index contributed by atoms with van der Waals surface area (Å²) in [4.78, 5) is 17.3. The van der Waals surface area contributed by atoms with Gasteiger partial charge in [-0.05, 0) is 61.0 Å². The molecule has 3 rings (SSSR count). The van der Waals surface area contributed by atoms with Crippen LogP contribution in [0.1, 0.15) is 41.3 Å². The van der Waals surface area contributed by atoms with Crippen molar-refractivity contribution in [1.82, 2.24) is 4.98 Å². The number of nitrogens with one attached hydrogen (secondary N) is 1. The second-order valence-corrected chi connectivity index (χ2v) is 7.53. The lowest BCUT2D eigenvalue weighted by Crippen LogP contribution is -2.17. The summed E-state index contributed by atoms with van der Waals surface area (Å²) in [5.74, 6) is 2.58. The molecule has 1 aliphatic heterocycles. The molecule has 1 saturated heterocycles. The van der Waals surface area contributed by atoms with E-state index in [9.17, 15) is 4.79 Å². The lowest BCUT2D eigenvalue weighted by Gasteiger charge is -2.17. The van der Waals surface area contributed by atoms with E-state index in [1.807, 2.05) is 31.2 Å². The third-order valence-corrected chi connectivity index (χ3v) is 5.49. The van der Waals surface area contributed by atoms with Gasteiger partial charge >= 0.3 is 0 Å². The maximum atomic E-state index is 12.9. The first-order chi connectivity index (χ1) is 12.6. The van der Waals surface area contributed by atoms with Gasteiger partial charge in [-0.3, -0.25) is 4.79 Å². The summed E-state index contributed by atoms with van der Waals surface area (Å²) in [5.41, 5.74) is 3.43. The van der Waals surface area contributed by atoms with Crippen LogP contribution in [0.4, 0.5) is 11.5 Å². The highest BCUT2D eigenvalue weighted by Gasteiger charge is 2.18. The van der Waals surface area contributed by atoms with E-state index in [2.05, 4.69) is 21.5 Å². The van der Waals surface area contributed by atoms with Crippen molar-refractivity contribution >= 4 is 29.4 Å². The van der Waals surface area contributed by atoms with E-state index in [-0.39, 0.29) is 5.91 Å². The predicted molar refractivity (Wildman–Crippen MR) is 108 cm³/mol. The second-order valence-electron chi connectivity index (χ2n) is 6.42. The molecule has 0 saturated carbocycles. The number of benzene rings is 1. The van der Waals surface area contributed by atoms with Gasteiger partial charge in [0.05, 0.1) is 7.11 Å². The normalized spacial score (nSPS) is 13.7. The number of nitrogens with zero attached hydrogens (tertiary/aromatic N) is 2. The van der Waals surface area contributed by atoms with Gasteiger partial charge in [-0.2, -0.15) is 0 Å². The Balaban J connectivity index is 1.83. The largest absolute Gasteiger partial charge is 0.497 e. The van der Waals surface area contributed by atoms with Crippen molar-refractivity contribution in [2.75, 3.05) is 29.0 Å². The molecule has 0 bridgehead atoms. The molecular weight excluding hydrogens is 346 g/mol. The number of aromatic nitrogens is 1. The van der Waals surface area contributed by atoms with Crippen molar-refractivity contribution in [3.05, 3.63) is 47.2 Å². The number of aryl methyl sites for hydroxylation is 2. The number of ether oxygens (including phenoxy) is 1. The van der Waals surface area contributed by atoms with Crippen LogP contribution in [0.25, 0.3) is 0 Å². The predicted octanol–water partition coefficient (Wildman–Crippen LogP) is 4.46. The minimum atomic E-state index is -0.119. The highest BCUT2D eigenvalue weighted by atomic mass is 32.2. The number of hydrogen-bond donors (Lipinski definition) is 1. The summed E-state index contributed by atoms with van der Waals surface area (Å²) in [7, 11) is 1.64. The molecule has 1 aromatic heterocycles. The zero-order valence-electron chi connectivity index (χ0n) is 15.5. The minimum absolute atomic E-state index is 0.119. The Morgan fingerprint density at radius 3 is 2.88 bits per heavy atom. The molecule has 138 valence electrons. The molecule has 5 nitrogen and oxygen atoms in total. The summed E-state index contributed by atoms with van der Waals surface area (Å²) >= 11 is 1.76.